The first-order valence-electron chi connectivity index (χ1n) is 6.59. The molecule has 0 atom stereocenters. The van der Waals surface area contributed by atoms with Crippen LogP contribution in [0.1, 0.15) is 38.7 Å². The lowest BCUT2D eigenvalue weighted by Crippen LogP contribution is -2.27. The molecule has 4 heteroatoms. The summed E-state index contributed by atoms with van der Waals surface area (Å²) in [7, 11) is 0. The zero-order valence-electron chi connectivity index (χ0n) is 11.0. The number of rotatable bonds is 4. The summed E-state index contributed by atoms with van der Waals surface area (Å²) < 4.78 is 13.2. The van der Waals surface area contributed by atoms with E-state index in [4.69, 9.17) is 11.6 Å². The van der Waals surface area contributed by atoms with Crippen LogP contribution in [-0.2, 0) is 5.88 Å². The smallest absolute Gasteiger partial charge is 0.141 e. The van der Waals surface area contributed by atoms with E-state index in [1.165, 1.54) is 31.5 Å². The Morgan fingerprint density at radius 3 is 2.72 bits per heavy atom. The van der Waals surface area contributed by atoms with E-state index in [0.29, 0.717) is 11.3 Å². The van der Waals surface area contributed by atoms with Crippen LogP contribution < -0.4 is 4.90 Å². The van der Waals surface area contributed by atoms with Gasteiger partial charge in [-0.25, -0.2) is 9.37 Å². The van der Waals surface area contributed by atoms with E-state index >= 15 is 0 Å². The van der Waals surface area contributed by atoms with E-state index in [9.17, 15) is 4.39 Å². The highest BCUT2D eigenvalue weighted by Gasteiger charge is 2.36. The molecule has 2 heterocycles. The van der Waals surface area contributed by atoms with Gasteiger partial charge in [-0.3, -0.25) is 0 Å². The van der Waals surface area contributed by atoms with Gasteiger partial charge in [-0.2, -0.15) is 0 Å². The Bertz CT molecular complexity index is 418. The molecule has 2 nitrogen and oxygen atoms in total. The third kappa shape index (κ3) is 2.46. The predicted molar refractivity (Wildman–Crippen MR) is 73.6 cm³/mol. The van der Waals surface area contributed by atoms with Gasteiger partial charge in [0.15, 0.2) is 0 Å². The summed E-state index contributed by atoms with van der Waals surface area (Å²) >= 11 is 5.89. The van der Waals surface area contributed by atoms with Crippen LogP contribution in [0.15, 0.2) is 12.3 Å². The minimum Gasteiger partial charge on any atom is -0.356 e. The Kier molecular flexibility index (Phi) is 4.10. The summed E-state index contributed by atoms with van der Waals surface area (Å²) in [4.78, 5) is 6.49. The Labute approximate surface area is 113 Å². The topological polar surface area (TPSA) is 16.1 Å². The maximum absolute atomic E-state index is 13.2. The van der Waals surface area contributed by atoms with Crippen molar-refractivity contribution >= 4 is 17.4 Å². The lowest BCUT2D eigenvalue weighted by Gasteiger charge is -2.27. The van der Waals surface area contributed by atoms with Crippen molar-refractivity contribution < 1.29 is 4.39 Å². The molecule has 1 aliphatic heterocycles. The highest BCUT2D eigenvalue weighted by molar-refractivity contribution is 6.17. The minimum atomic E-state index is -0.314. The average Bonchev–Trinajstić information content (AvgIpc) is 2.83. The van der Waals surface area contributed by atoms with E-state index in [1.54, 1.807) is 0 Å². The van der Waals surface area contributed by atoms with E-state index in [2.05, 4.69) is 23.7 Å². The van der Waals surface area contributed by atoms with Gasteiger partial charge in [0.05, 0.1) is 12.1 Å². The van der Waals surface area contributed by atoms with Crippen LogP contribution in [0.5, 0.6) is 0 Å². The van der Waals surface area contributed by atoms with Gasteiger partial charge in [0.1, 0.15) is 11.6 Å². The highest BCUT2D eigenvalue weighted by Crippen LogP contribution is 2.39. The average molecular weight is 271 g/mol. The number of pyridine rings is 1. The maximum Gasteiger partial charge on any atom is 0.141 e. The number of aromatic nitrogens is 1. The van der Waals surface area contributed by atoms with E-state index in [0.717, 1.165) is 24.5 Å². The molecule has 1 fully saturated rings. The summed E-state index contributed by atoms with van der Waals surface area (Å²) in [6.45, 7) is 6.48. The van der Waals surface area contributed by atoms with Crippen molar-refractivity contribution in [2.75, 3.05) is 18.0 Å². The van der Waals surface area contributed by atoms with Crippen molar-refractivity contribution in [1.29, 1.82) is 0 Å². The monoisotopic (exact) mass is 270 g/mol. The quantitative estimate of drug-likeness (QED) is 0.770. The van der Waals surface area contributed by atoms with Crippen molar-refractivity contribution in [3.8, 4) is 0 Å². The molecule has 0 N–H and O–H groups in total. The molecule has 1 saturated heterocycles. The molecule has 0 spiro atoms. The number of alkyl halides is 1. The number of hydrogen-bond acceptors (Lipinski definition) is 2. The van der Waals surface area contributed by atoms with Gasteiger partial charge in [0.2, 0.25) is 0 Å². The SMILES string of the molecule is CCC1(CC)CCN(c2ncc(F)cc2CCl)C1. The van der Waals surface area contributed by atoms with Crippen LogP contribution >= 0.6 is 11.6 Å². The molecular formula is C14H20ClFN2. The van der Waals surface area contributed by atoms with Crippen molar-refractivity contribution in [2.45, 2.75) is 39.0 Å². The lowest BCUT2D eigenvalue weighted by atomic mass is 9.82. The first kappa shape index (κ1) is 13.6. The standard InChI is InChI=1S/C14H20ClFN2/c1-3-14(4-2)5-6-18(10-14)13-11(8-15)7-12(16)9-17-13/h7,9H,3-6,8,10H2,1-2H3. The number of nitrogens with zero attached hydrogens (tertiary/aromatic N) is 2. The molecular weight excluding hydrogens is 251 g/mol. The molecule has 0 aromatic carbocycles. The molecule has 0 unspecified atom stereocenters. The zero-order chi connectivity index (χ0) is 13.2. The first-order valence-corrected chi connectivity index (χ1v) is 7.13. The van der Waals surface area contributed by atoms with Gasteiger partial charge in [-0.1, -0.05) is 13.8 Å². The largest absolute Gasteiger partial charge is 0.356 e. The van der Waals surface area contributed by atoms with E-state index in [-0.39, 0.29) is 5.82 Å². The Hall–Kier alpha value is -0.830. The van der Waals surface area contributed by atoms with Crippen LogP contribution in [0.3, 0.4) is 0 Å². The fraction of sp³-hybridized carbons (Fsp3) is 0.643. The molecule has 18 heavy (non-hydrogen) atoms. The Morgan fingerprint density at radius 2 is 2.17 bits per heavy atom. The summed E-state index contributed by atoms with van der Waals surface area (Å²) in [6, 6.07) is 1.49. The second-order valence-electron chi connectivity index (χ2n) is 5.15. The molecule has 0 bridgehead atoms. The molecule has 0 aliphatic carbocycles. The van der Waals surface area contributed by atoms with Crippen LogP contribution in [-0.4, -0.2) is 18.1 Å². The fourth-order valence-electron chi connectivity index (χ4n) is 2.80. The van der Waals surface area contributed by atoms with Crippen LogP contribution in [0.4, 0.5) is 10.2 Å². The predicted octanol–water partition coefficient (Wildman–Crippen LogP) is 3.98. The van der Waals surface area contributed by atoms with Gasteiger partial charge in [0.25, 0.3) is 0 Å². The van der Waals surface area contributed by atoms with E-state index < -0.39 is 0 Å². The Balaban J connectivity index is 2.24. The van der Waals surface area contributed by atoms with Crippen molar-refractivity contribution in [1.82, 2.24) is 4.98 Å². The van der Waals surface area contributed by atoms with Crippen molar-refractivity contribution in [3.63, 3.8) is 0 Å². The Morgan fingerprint density at radius 1 is 1.44 bits per heavy atom. The van der Waals surface area contributed by atoms with Crippen molar-refractivity contribution in [2.24, 2.45) is 5.41 Å². The third-order valence-electron chi connectivity index (χ3n) is 4.29. The summed E-state index contributed by atoms with van der Waals surface area (Å²) in [5, 5.41) is 0. The molecule has 1 aliphatic rings. The zero-order valence-corrected chi connectivity index (χ0v) is 11.8. The van der Waals surface area contributed by atoms with Gasteiger partial charge in [0, 0.05) is 18.7 Å². The molecule has 0 radical (unpaired) electrons. The van der Waals surface area contributed by atoms with Gasteiger partial charge >= 0.3 is 0 Å². The first-order chi connectivity index (χ1) is 8.64. The summed E-state index contributed by atoms with van der Waals surface area (Å²) in [5.41, 5.74) is 1.18. The maximum atomic E-state index is 13.2. The van der Waals surface area contributed by atoms with Crippen LogP contribution in [0.2, 0.25) is 0 Å². The molecule has 1 aromatic heterocycles. The van der Waals surface area contributed by atoms with E-state index in [1.807, 2.05) is 0 Å². The molecule has 0 saturated carbocycles. The molecule has 2 rings (SSSR count). The lowest BCUT2D eigenvalue weighted by molar-refractivity contribution is 0.301. The van der Waals surface area contributed by atoms with Gasteiger partial charge in [-0.05, 0) is 30.7 Å². The number of anilines is 1. The molecule has 0 amide bonds. The second kappa shape index (κ2) is 5.43. The van der Waals surface area contributed by atoms with Crippen molar-refractivity contribution in [3.05, 3.63) is 23.6 Å². The number of halogens is 2. The van der Waals surface area contributed by atoms with Crippen LogP contribution in [0.25, 0.3) is 0 Å². The fourth-order valence-corrected chi connectivity index (χ4v) is 3.00. The normalized spacial score (nSPS) is 18.3. The third-order valence-corrected chi connectivity index (χ3v) is 4.58. The van der Waals surface area contributed by atoms with Gasteiger partial charge in [-0.15, -0.1) is 11.6 Å². The second-order valence-corrected chi connectivity index (χ2v) is 5.42. The summed E-state index contributed by atoms with van der Waals surface area (Å²) in [6.07, 6.45) is 4.82. The minimum absolute atomic E-state index is 0.307. The number of hydrogen-bond donors (Lipinski definition) is 0. The van der Waals surface area contributed by atoms with Gasteiger partial charge < -0.3 is 4.90 Å². The van der Waals surface area contributed by atoms with Crippen LogP contribution in [0, 0.1) is 11.2 Å². The highest BCUT2D eigenvalue weighted by atomic mass is 35.5. The molecule has 1 aromatic rings. The summed E-state index contributed by atoms with van der Waals surface area (Å²) in [5.74, 6) is 0.850. The molecule has 100 valence electrons.